The van der Waals surface area contributed by atoms with Crippen molar-refractivity contribution in [3.63, 3.8) is 0 Å². The van der Waals surface area contributed by atoms with Crippen molar-refractivity contribution in [3.05, 3.63) is 70.4 Å². The summed E-state index contributed by atoms with van der Waals surface area (Å²) < 4.78 is 16.5. The third kappa shape index (κ3) is 2.37. The number of hydrogen-bond donors (Lipinski definition) is 1. The summed E-state index contributed by atoms with van der Waals surface area (Å²) in [6.07, 6.45) is 2.22. The van der Waals surface area contributed by atoms with Gasteiger partial charge in [0.05, 0.1) is 17.9 Å². The van der Waals surface area contributed by atoms with Crippen LogP contribution in [0.1, 0.15) is 40.4 Å². The number of hydrogen-bond acceptors (Lipinski definition) is 2. The van der Waals surface area contributed by atoms with Crippen molar-refractivity contribution >= 4 is 11.6 Å². The SMILES string of the molecule is Cc1ccc(F)c(C2CC(=O)NCc3nc4ccc(C)cn4c32)c1. The van der Waals surface area contributed by atoms with E-state index in [1.54, 1.807) is 6.07 Å². The predicted octanol–water partition coefficient (Wildman–Crippen LogP) is 3.24. The lowest BCUT2D eigenvalue weighted by atomic mass is 9.90. The summed E-state index contributed by atoms with van der Waals surface area (Å²) in [7, 11) is 0. The molecule has 1 unspecified atom stereocenters. The Labute approximate surface area is 139 Å². The molecule has 4 nitrogen and oxygen atoms in total. The zero-order chi connectivity index (χ0) is 16.8. The Bertz CT molecular complexity index is 961. The van der Waals surface area contributed by atoms with Crippen LogP contribution in [0.15, 0.2) is 36.5 Å². The molecule has 2 aromatic heterocycles. The van der Waals surface area contributed by atoms with E-state index in [2.05, 4.69) is 10.3 Å². The van der Waals surface area contributed by atoms with Gasteiger partial charge in [-0.3, -0.25) is 4.79 Å². The van der Waals surface area contributed by atoms with Crippen LogP contribution in [0.3, 0.4) is 0 Å². The highest BCUT2D eigenvalue weighted by atomic mass is 19.1. The fourth-order valence-electron chi connectivity index (χ4n) is 3.44. The predicted molar refractivity (Wildman–Crippen MR) is 89.4 cm³/mol. The molecule has 0 fully saturated rings. The zero-order valence-electron chi connectivity index (χ0n) is 13.6. The van der Waals surface area contributed by atoms with Crippen molar-refractivity contribution in [2.45, 2.75) is 32.7 Å². The van der Waals surface area contributed by atoms with E-state index in [-0.39, 0.29) is 24.1 Å². The summed E-state index contributed by atoms with van der Waals surface area (Å²) in [6.45, 7) is 4.31. The first-order valence-corrected chi connectivity index (χ1v) is 8.03. The number of imidazole rings is 1. The molecule has 1 aliphatic rings. The molecule has 0 radical (unpaired) electrons. The number of nitrogens with one attached hydrogen (secondary N) is 1. The normalized spacial score (nSPS) is 17.5. The van der Waals surface area contributed by atoms with Gasteiger partial charge >= 0.3 is 0 Å². The lowest BCUT2D eigenvalue weighted by Gasteiger charge is -2.17. The van der Waals surface area contributed by atoms with Gasteiger partial charge in [0.15, 0.2) is 0 Å². The van der Waals surface area contributed by atoms with Crippen LogP contribution in [0.25, 0.3) is 5.65 Å². The Hall–Kier alpha value is -2.69. The number of pyridine rings is 1. The average Bonchev–Trinajstić information content (AvgIpc) is 2.82. The molecule has 1 aromatic carbocycles. The Kier molecular flexibility index (Phi) is 3.37. The molecule has 24 heavy (non-hydrogen) atoms. The largest absolute Gasteiger partial charge is 0.350 e. The van der Waals surface area contributed by atoms with Gasteiger partial charge in [0.2, 0.25) is 5.91 Å². The number of amides is 1. The van der Waals surface area contributed by atoms with Crippen LogP contribution in [0.2, 0.25) is 0 Å². The van der Waals surface area contributed by atoms with E-state index in [1.807, 2.05) is 42.6 Å². The van der Waals surface area contributed by atoms with Crippen molar-refractivity contribution in [2.24, 2.45) is 0 Å². The third-order valence-electron chi connectivity index (χ3n) is 4.58. The monoisotopic (exact) mass is 323 g/mol. The molecule has 3 aromatic rings. The minimum Gasteiger partial charge on any atom is -0.350 e. The summed E-state index contributed by atoms with van der Waals surface area (Å²) in [5, 5.41) is 2.87. The van der Waals surface area contributed by atoms with Crippen LogP contribution in [-0.2, 0) is 11.3 Å². The number of carbonyl (C=O) groups is 1. The third-order valence-corrected chi connectivity index (χ3v) is 4.58. The highest BCUT2D eigenvalue weighted by Gasteiger charge is 2.30. The number of carbonyl (C=O) groups excluding carboxylic acids is 1. The Balaban J connectivity index is 2.00. The molecule has 0 saturated carbocycles. The summed E-state index contributed by atoms with van der Waals surface area (Å²) >= 11 is 0. The number of rotatable bonds is 1. The van der Waals surface area contributed by atoms with Crippen LogP contribution in [-0.4, -0.2) is 15.3 Å². The van der Waals surface area contributed by atoms with Crippen molar-refractivity contribution in [2.75, 3.05) is 0 Å². The number of benzene rings is 1. The zero-order valence-corrected chi connectivity index (χ0v) is 13.6. The molecule has 0 aliphatic carbocycles. The van der Waals surface area contributed by atoms with Gasteiger partial charge < -0.3 is 9.72 Å². The second kappa shape index (κ2) is 5.44. The van der Waals surface area contributed by atoms with Crippen molar-refractivity contribution in [1.82, 2.24) is 14.7 Å². The molecular weight excluding hydrogens is 305 g/mol. The molecule has 1 aliphatic heterocycles. The molecule has 1 amide bonds. The topological polar surface area (TPSA) is 46.4 Å². The maximum Gasteiger partial charge on any atom is 0.221 e. The maximum atomic E-state index is 14.5. The van der Waals surface area contributed by atoms with Crippen LogP contribution >= 0.6 is 0 Å². The van der Waals surface area contributed by atoms with Gasteiger partial charge in [0, 0.05) is 18.5 Å². The van der Waals surface area contributed by atoms with E-state index in [1.165, 1.54) is 6.07 Å². The molecule has 1 atom stereocenters. The molecule has 0 bridgehead atoms. The molecule has 0 saturated heterocycles. The first-order valence-electron chi connectivity index (χ1n) is 8.03. The minimum absolute atomic E-state index is 0.0830. The molecule has 3 heterocycles. The quantitative estimate of drug-likeness (QED) is 0.747. The van der Waals surface area contributed by atoms with E-state index >= 15 is 0 Å². The fourth-order valence-corrected chi connectivity index (χ4v) is 3.44. The number of halogens is 1. The van der Waals surface area contributed by atoms with Gasteiger partial charge in [-0.25, -0.2) is 9.37 Å². The first-order chi connectivity index (χ1) is 11.5. The smallest absolute Gasteiger partial charge is 0.221 e. The Morgan fingerprint density at radius 3 is 2.83 bits per heavy atom. The molecule has 0 spiro atoms. The van der Waals surface area contributed by atoms with E-state index in [0.717, 1.165) is 28.2 Å². The van der Waals surface area contributed by atoms with E-state index in [0.29, 0.717) is 12.1 Å². The van der Waals surface area contributed by atoms with Gasteiger partial charge in [-0.15, -0.1) is 0 Å². The maximum absolute atomic E-state index is 14.5. The van der Waals surface area contributed by atoms with Crippen LogP contribution in [0.4, 0.5) is 4.39 Å². The highest BCUT2D eigenvalue weighted by molar-refractivity contribution is 5.78. The van der Waals surface area contributed by atoms with Crippen LogP contribution in [0, 0.1) is 19.7 Å². The van der Waals surface area contributed by atoms with Gasteiger partial charge in [-0.1, -0.05) is 23.8 Å². The standard InChI is InChI=1S/C19H18FN3O/c1-11-3-5-15(20)13(7-11)14-8-18(24)21-9-16-19(14)23-10-12(2)4-6-17(23)22-16/h3-7,10,14H,8-9H2,1-2H3,(H,21,24). The van der Waals surface area contributed by atoms with Crippen LogP contribution < -0.4 is 5.32 Å². The van der Waals surface area contributed by atoms with E-state index in [4.69, 9.17) is 0 Å². The minimum atomic E-state index is -0.348. The number of aryl methyl sites for hydroxylation is 2. The molecule has 5 heteroatoms. The molecule has 1 N–H and O–H groups in total. The van der Waals surface area contributed by atoms with Crippen molar-refractivity contribution in [1.29, 1.82) is 0 Å². The Morgan fingerprint density at radius 2 is 2.00 bits per heavy atom. The van der Waals surface area contributed by atoms with Crippen molar-refractivity contribution < 1.29 is 9.18 Å². The summed E-state index contributed by atoms with van der Waals surface area (Å²) in [4.78, 5) is 16.8. The average molecular weight is 323 g/mol. The van der Waals surface area contributed by atoms with Gasteiger partial charge in [-0.2, -0.15) is 0 Å². The highest BCUT2D eigenvalue weighted by Crippen LogP contribution is 2.35. The lowest BCUT2D eigenvalue weighted by Crippen LogP contribution is -2.21. The Morgan fingerprint density at radius 1 is 1.21 bits per heavy atom. The second-order valence-corrected chi connectivity index (χ2v) is 6.44. The molecule has 4 rings (SSSR count). The van der Waals surface area contributed by atoms with Gasteiger partial charge in [0.25, 0.3) is 0 Å². The van der Waals surface area contributed by atoms with Gasteiger partial charge in [0.1, 0.15) is 11.5 Å². The molecular formula is C19H18FN3O. The van der Waals surface area contributed by atoms with E-state index < -0.39 is 0 Å². The lowest BCUT2D eigenvalue weighted by molar-refractivity contribution is -0.121. The van der Waals surface area contributed by atoms with Gasteiger partial charge in [-0.05, 0) is 37.1 Å². The van der Waals surface area contributed by atoms with Crippen molar-refractivity contribution in [3.8, 4) is 0 Å². The second-order valence-electron chi connectivity index (χ2n) is 6.44. The number of nitrogens with zero attached hydrogens (tertiary/aromatic N) is 2. The van der Waals surface area contributed by atoms with E-state index in [9.17, 15) is 9.18 Å². The fraction of sp³-hybridized carbons (Fsp3) is 0.263. The first kappa shape index (κ1) is 14.9. The summed E-state index contributed by atoms with van der Waals surface area (Å²) in [6, 6.07) is 9.01. The summed E-state index contributed by atoms with van der Waals surface area (Å²) in [5.74, 6) is -0.714. The molecule has 122 valence electrons. The number of aromatic nitrogens is 2. The summed E-state index contributed by atoms with van der Waals surface area (Å²) in [5.41, 5.74) is 5.14. The number of fused-ring (bicyclic) bond motifs is 3. The van der Waals surface area contributed by atoms with Crippen LogP contribution in [0.5, 0.6) is 0 Å².